The summed E-state index contributed by atoms with van der Waals surface area (Å²) in [6.07, 6.45) is 6.93. The van der Waals surface area contributed by atoms with Crippen molar-refractivity contribution in [2.24, 2.45) is 7.05 Å². The van der Waals surface area contributed by atoms with Crippen LogP contribution < -0.4 is 14.4 Å². The zero-order valence-corrected chi connectivity index (χ0v) is 19.9. The molecule has 0 unspecified atom stereocenters. The van der Waals surface area contributed by atoms with E-state index in [0.717, 1.165) is 32.9 Å². The van der Waals surface area contributed by atoms with Gasteiger partial charge < -0.3 is 14.4 Å². The lowest BCUT2D eigenvalue weighted by molar-refractivity contribution is -0.172. The maximum Gasteiger partial charge on any atom is 0.198 e. The first-order valence-corrected chi connectivity index (χ1v) is 11.0. The number of aryl methyl sites for hydroxylation is 1. The molecule has 36 heavy (non-hydrogen) atoms. The molecule has 0 saturated carbocycles. The predicted octanol–water partition coefficient (Wildman–Crippen LogP) is 3.84. The van der Waals surface area contributed by atoms with Crippen LogP contribution >= 0.6 is 0 Å². The lowest BCUT2D eigenvalue weighted by atomic mass is 10.2. The van der Waals surface area contributed by atoms with Crippen LogP contribution in [0.5, 0.6) is 11.5 Å². The SMILES string of the molecule is COc1cc(OC)cc(N(Cc2cnn(COF)n2)c2ccc3ncc(-c4cnn(C)c4)nc3c2)c1. The van der Waals surface area contributed by atoms with Gasteiger partial charge in [-0.15, -0.1) is 0 Å². The molecular formula is C24H23FN8O3. The normalized spacial score (nSPS) is 11.1. The minimum absolute atomic E-state index is 0.323. The highest BCUT2D eigenvalue weighted by molar-refractivity contribution is 5.82. The number of methoxy groups -OCH3 is 2. The van der Waals surface area contributed by atoms with Gasteiger partial charge in [-0.05, 0) is 22.7 Å². The van der Waals surface area contributed by atoms with E-state index >= 15 is 0 Å². The lowest BCUT2D eigenvalue weighted by Gasteiger charge is -2.25. The fraction of sp³-hybridized carbons (Fsp3) is 0.208. The van der Waals surface area contributed by atoms with Crippen molar-refractivity contribution in [1.29, 1.82) is 0 Å². The van der Waals surface area contributed by atoms with E-state index in [9.17, 15) is 4.53 Å². The van der Waals surface area contributed by atoms with Crippen molar-refractivity contribution in [2.45, 2.75) is 13.3 Å². The Balaban J connectivity index is 1.59. The molecule has 184 valence electrons. The second kappa shape index (κ2) is 9.96. The summed E-state index contributed by atoms with van der Waals surface area (Å²) in [5.74, 6) is 1.26. The molecule has 0 bridgehead atoms. The van der Waals surface area contributed by atoms with Gasteiger partial charge in [-0.3, -0.25) is 9.67 Å². The van der Waals surface area contributed by atoms with Crippen molar-refractivity contribution in [2.75, 3.05) is 19.1 Å². The molecule has 0 spiro atoms. The van der Waals surface area contributed by atoms with E-state index in [4.69, 9.17) is 14.5 Å². The summed E-state index contributed by atoms with van der Waals surface area (Å²) >= 11 is 0. The highest BCUT2D eigenvalue weighted by Crippen LogP contribution is 2.35. The summed E-state index contributed by atoms with van der Waals surface area (Å²) in [4.78, 5) is 16.2. The fourth-order valence-electron chi connectivity index (χ4n) is 3.81. The van der Waals surface area contributed by atoms with Gasteiger partial charge in [-0.25, -0.2) is 4.98 Å². The van der Waals surface area contributed by atoms with Gasteiger partial charge in [0, 0.05) is 48.4 Å². The van der Waals surface area contributed by atoms with E-state index in [-0.39, 0.29) is 0 Å². The van der Waals surface area contributed by atoms with Crippen LogP contribution in [0.15, 0.2) is 61.2 Å². The topological polar surface area (TPSA) is 105 Å². The number of rotatable bonds is 9. The number of aromatic nitrogens is 7. The quantitative estimate of drug-likeness (QED) is 0.305. The predicted molar refractivity (Wildman–Crippen MR) is 129 cm³/mol. The molecule has 3 heterocycles. The molecule has 12 heteroatoms. The molecule has 5 rings (SSSR count). The van der Waals surface area contributed by atoms with Gasteiger partial charge in [-0.1, -0.05) is 0 Å². The molecular weight excluding hydrogens is 467 g/mol. The molecule has 0 fully saturated rings. The van der Waals surface area contributed by atoms with Crippen molar-refractivity contribution in [3.8, 4) is 22.8 Å². The van der Waals surface area contributed by atoms with Crippen LogP contribution in [-0.4, -0.2) is 49.0 Å². The van der Waals surface area contributed by atoms with Gasteiger partial charge in [-0.2, -0.15) is 25.0 Å². The summed E-state index contributed by atoms with van der Waals surface area (Å²) in [5.41, 5.74) is 5.27. The van der Waals surface area contributed by atoms with Crippen LogP contribution in [0.4, 0.5) is 15.9 Å². The Bertz CT molecular complexity index is 1480. The Kier molecular flexibility index (Phi) is 6.41. The van der Waals surface area contributed by atoms with Crippen molar-refractivity contribution < 1.29 is 18.9 Å². The third-order valence-electron chi connectivity index (χ3n) is 5.55. The molecule has 5 aromatic rings. The summed E-state index contributed by atoms with van der Waals surface area (Å²) in [7, 11) is 5.04. The molecule has 0 saturated heterocycles. The average molecular weight is 490 g/mol. The summed E-state index contributed by atoms with van der Waals surface area (Å²) < 4.78 is 25.0. The van der Waals surface area contributed by atoms with Gasteiger partial charge in [0.1, 0.15) is 17.2 Å². The van der Waals surface area contributed by atoms with E-state index < -0.39 is 6.73 Å². The molecule has 0 amide bonds. The largest absolute Gasteiger partial charge is 0.497 e. The van der Waals surface area contributed by atoms with Gasteiger partial charge in [0.25, 0.3) is 0 Å². The maximum atomic E-state index is 12.3. The van der Waals surface area contributed by atoms with E-state index in [1.165, 1.54) is 0 Å². The Morgan fingerprint density at radius 3 is 2.42 bits per heavy atom. The average Bonchev–Trinajstić information content (AvgIpc) is 3.55. The van der Waals surface area contributed by atoms with Gasteiger partial charge in [0.2, 0.25) is 0 Å². The highest BCUT2D eigenvalue weighted by atomic mass is 19.3. The van der Waals surface area contributed by atoms with Crippen LogP contribution in [0, 0.1) is 0 Å². The van der Waals surface area contributed by atoms with Crippen molar-refractivity contribution >= 4 is 22.4 Å². The summed E-state index contributed by atoms with van der Waals surface area (Å²) in [6, 6.07) is 11.4. The van der Waals surface area contributed by atoms with Crippen LogP contribution in [0.25, 0.3) is 22.3 Å². The van der Waals surface area contributed by atoms with Gasteiger partial charge in [0.15, 0.2) is 6.73 Å². The monoisotopic (exact) mass is 490 g/mol. The van der Waals surface area contributed by atoms with Crippen molar-refractivity contribution in [1.82, 2.24) is 34.7 Å². The molecule has 0 aliphatic heterocycles. The number of halogens is 1. The van der Waals surface area contributed by atoms with E-state index in [0.29, 0.717) is 29.3 Å². The first-order valence-electron chi connectivity index (χ1n) is 11.0. The summed E-state index contributed by atoms with van der Waals surface area (Å²) in [5, 5.41) is 12.6. The van der Waals surface area contributed by atoms with Crippen molar-refractivity contribution in [3.63, 3.8) is 0 Å². The van der Waals surface area contributed by atoms with E-state index in [2.05, 4.69) is 25.2 Å². The molecule has 2 aromatic carbocycles. The minimum atomic E-state index is -0.393. The van der Waals surface area contributed by atoms with Gasteiger partial charge >= 0.3 is 0 Å². The van der Waals surface area contributed by atoms with E-state index in [1.54, 1.807) is 43.6 Å². The zero-order valence-electron chi connectivity index (χ0n) is 19.9. The second-order valence-corrected chi connectivity index (χ2v) is 7.93. The maximum absolute atomic E-state index is 12.3. The third-order valence-corrected chi connectivity index (χ3v) is 5.55. The van der Waals surface area contributed by atoms with Crippen LogP contribution in [-0.2, 0) is 25.3 Å². The highest BCUT2D eigenvalue weighted by Gasteiger charge is 2.17. The Morgan fingerprint density at radius 2 is 1.72 bits per heavy atom. The Morgan fingerprint density at radius 1 is 0.917 bits per heavy atom. The number of hydrogen-bond acceptors (Lipinski definition) is 9. The Labute approximate surface area is 205 Å². The number of ether oxygens (including phenoxy) is 2. The molecule has 0 N–H and O–H groups in total. The van der Waals surface area contributed by atoms with Crippen LogP contribution in [0.3, 0.4) is 0 Å². The fourth-order valence-corrected chi connectivity index (χ4v) is 3.81. The summed E-state index contributed by atoms with van der Waals surface area (Å²) in [6.45, 7) is -0.0699. The first-order chi connectivity index (χ1) is 17.6. The third kappa shape index (κ3) is 4.79. The number of nitrogens with zero attached hydrogens (tertiary/aromatic N) is 8. The molecule has 0 aliphatic rings. The first kappa shape index (κ1) is 23.2. The zero-order chi connectivity index (χ0) is 25.1. The minimum Gasteiger partial charge on any atom is -0.497 e. The van der Waals surface area contributed by atoms with E-state index in [1.807, 2.05) is 48.5 Å². The standard InChI is InChI=1S/C24H23FN8O3/c1-31-13-16(10-27-31)24-12-26-22-5-4-18(8-23(22)29-24)32(14-17-11-28-33(30-17)15-36-25)19-6-20(34-2)9-21(7-19)35-3/h4-13H,14-15H2,1-3H3. The number of anilines is 2. The van der Waals surface area contributed by atoms with Crippen LogP contribution in [0.1, 0.15) is 5.69 Å². The molecule has 0 aliphatic carbocycles. The number of fused-ring (bicyclic) bond motifs is 1. The molecule has 11 nitrogen and oxygen atoms in total. The Hall–Kier alpha value is -4.58. The molecule has 3 aromatic heterocycles. The molecule has 0 atom stereocenters. The van der Waals surface area contributed by atoms with Crippen LogP contribution in [0.2, 0.25) is 0 Å². The lowest BCUT2D eigenvalue weighted by Crippen LogP contribution is -2.17. The van der Waals surface area contributed by atoms with Crippen molar-refractivity contribution in [3.05, 3.63) is 66.9 Å². The smallest absolute Gasteiger partial charge is 0.198 e. The number of benzene rings is 2. The second-order valence-electron chi connectivity index (χ2n) is 7.93. The van der Waals surface area contributed by atoms with Gasteiger partial charge in [0.05, 0.1) is 56.1 Å². The number of hydrogen-bond donors (Lipinski definition) is 0. The molecule has 0 radical (unpaired) electrons.